The van der Waals surface area contributed by atoms with Crippen molar-refractivity contribution in [2.45, 2.75) is 32.2 Å². The molecule has 7 nitrogen and oxygen atoms in total. The van der Waals surface area contributed by atoms with Gasteiger partial charge in [-0.3, -0.25) is 9.10 Å². The summed E-state index contributed by atoms with van der Waals surface area (Å²) in [6.07, 6.45) is 1.59. The third-order valence-electron chi connectivity index (χ3n) is 7.17. The zero-order chi connectivity index (χ0) is 31.4. The summed E-state index contributed by atoms with van der Waals surface area (Å²) in [6.45, 7) is 5.86. The minimum absolute atomic E-state index is 0.0114. The largest absolute Gasteiger partial charge is 0.318 e. The second-order valence-electron chi connectivity index (χ2n) is 10.3. The first-order valence-electron chi connectivity index (χ1n) is 13.8. The number of rotatable bonds is 9. The van der Waals surface area contributed by atoms with Crippen LogP contribution >= 0.6 is 27.5 Å². The third-order valence-corrected chi connectivity index (χ3v) is 9.69. The van der Waals surface area contributed by atoms with Crippen molar-refractivity contribution in [3.63, 3.8) is 0 Å². The van der Waals surface area contributed by atoms with Crippen molar-refractivity contribution < 1.29 is 13.2 Å². The molecule has 4 aromatic carbocycles. The Morgan fingerprint density at radius 3 is 2.34 bits per heavy atom. The van der Waals surface area contributed by atoms with E-state index in [1.165, 1.54) is 4.31 Å². The number of carbonyl (C=O) groups is 1. The minimum Gasteiger partial charge on any atom is -0.318 e. The molecular weight excluding hydrogens is 660 g/mol. The van der Waals surface area contributed by atoms with Crippen LogP contribution in [0.1, 0.15) is 38.4 Å². The zero-order valence-corrected chi connectivity index (χ0v) is 27.5. The van der Waals surface area contributed by atoms with Gasteiger partial charge in [-0.05, 0) is 87.0 Å². The molecule has 1 aromatic heterocycles. The lowest BCUT2D eigenvalue weighted by atomic mass is 10.1. The van der Waals surface area contributed by atoms with E-state index in [2.05, 4.69) is 31.0 Å². The van der Waals surface area contributed by atoms with Gasteiger partial charge in [0.25, 0.3) is 15.9 Å². The van der Waals surface area contributed by atoms with Crippen LogP contribution in [0.2, 0.25) is 5.02 Å². The van der Waals surface area contributed by atoms with Gasteiger partial charge >= 0.3 is 0 Å². The summed E-state index contributed by atoms with van der Waals surface area (Å²) in [5.74, 6) is -0.544. The summed E-state index contributed by atoms with van der Waals surface area (Å²) in [7, 11) is -4.06. The molecule has 1 amide bonds. The molecule has 0 bridgehead atoms. The highest BCUT2D eigenvalue weighted by molar-refractivity contribution is 9.10. The van der Waals surface area contributed by atoms with Crippen LogP contribution in [0.25, 0.3) is 5.69 Å². The van der Waals surface area contributed by atoms with Crippen LogP contribution in [0.4, 0.5) is 5.69 Å². The minimum atomic E-state index is -4.06. The molecular formula is C34H30BrClN4O3S. The molecule has 0 aliphatic rings. The Morgan fingerprint density at radius 1 is 0.932 bits per heavy atom. The number of aryl methyl sites for hydroxylation is 2. The van der Waals surface area contributed by atoms with E-state index in [0.717, 1.165) is 32.7 Å². The molecule has 0 fully saturated rings. The average molecular weight is 690 g/mol. The fraction of sp³-hybridized carbons (Fsp3) is 0.118. The van der Waals surface area contributed by atoms with Gasteiger partial charge in [0.15, 0.2) is 0 Å². The van der Waals surface area contributed by atoms with Gasteiger partial charge in [-0.25, -0.2) is 13.8 Å². The average Bonchev–Trinajstić information content (AvgIpc) is 3.29. The second-order valence-corrected chi connectivity index (χ2v) is 13.5. The number of sulfonamides is 1. The molecule has 0 saturated heterocycles. The maximum absolute atomic E-state index is 14.0. The number of anilines is 1. The molecule has 5 rings (SSSR count). The van der Waals surface area contributed by atoms with Gasteiger partial charge in [0.05, 0.1) is 28.9 Å². The number of carbonyl (C=O) groups excluding carboxylic acids is 1. The van der Waals surface area contributed by atoms with Crippen LogP contribution in [-0.4, -0.2) is 25.1 Å². The number of nitrogens with zero attached hydrogens (tertiary/aromatic N) is 3. The fourth-order valence-corrected chi connectivity index (χ4v) is 6.91. The van der Waals surface area contributed by atoms with Crippen LogP contribution in [0.3, 0.4) is 0 Å². The zero-order valence-electron chi connectivity index (χ0n) is 24.3. The summed E-state index contributed by atoms with van der Waals surface area (Å²) < 4.78 is 32.4. The van der Waals surface area contributed by atoms with Gasteiger partial charge < -0.3 is 4.57 Å². The first-order chi connectivity index (χ1) is 21.0. The number of halogens is 2. The van der Waals surface area contributed by atoms with Gasteiger partial charge in [-0.15, -0.1) is 0 Å². The molecule has 1 heterocycles. The monoisotopic (exact) mass is 688 g/mol. The molecule has 44 heavy (non-hydrogen) atoms. The van der Waals surface area contributed by atoms with Crippen molar-refractivity contribution in [1.82, 2.24) is 9.99 Å². The molecule has 10 heteroatoms. The normalized spacial score (nSPS) is 11.6. The lowest BCUT2D eigenvalue weighted by molar-refractivity contribution is 0.0955. The third kappa shape index (κ3) is 6.80. The Balaban J connectivity index is 1.46. The van der Waals surface area contributed by atoms with Gasteiger partial charge in [-0.2, -0.15) is 5.10 Å². The highest BCUT2D eigenvalue weighted by Crippen LogP contribution is 2.30. The van der Waals surface area contributed by atoms with E-state index in [-0.39, 0.29) is 22.7 Å². The van der Waals surface area contributed by atoms with E-state index in [0.29, 0.717) is 10.6 Å². The number of hydrazone groups is 1. The lowest BCUT2D eigenvalue weighted by Crippen LogP contribution is -2.33. The number of hydrogen-bond donors (Lipinski definition) is 1. The summed E-state index contributed by atoms with van der Waals surface area (Å²) in [5, 5.41) is 4.78. The standard InChI is InChI=1S/C34H30BrClN4O3S/c1-23-11-17-31(18-12-23)44(42,43)39(22-26-13-15-29(36)16-14-26)33-10-5-4-9-32(33)34(41)38-37-21-27-19-24(2)40(25(27)3)30-8-6-7-28(35)20-30/h4-21H,22H2,1-3H3,(H,38,41)/b37-21-. The number of benzene rings is 4. The van der Waals surface area contributed by atoms with E-state index in [9.17, 15) is 13.2 Å². The Labute approximate surface area is 271 Å². The summed E-state index contributed by atoms with van der Waals surface area (Å²) >= 11 is 9.61. The first-order valence-corrected chi connectivity index (χ1v) is 16.4. The summed E-state index contributed by atoms with van der Waals surface area (Å²) in [4.78, 5) is 13.6. The van der Waals surface area contributed by atoms with Crippen molar-refractivity contribution in [1.29, 1.82) is 0 Å². The van der Waals surface area contributed by atoms with Crippen LogP contribution in [-0.2, 0) is 16.6 Å². The Kier molecular flexibility index (Phi) is 9.39. The van der Waals surface area contributed by atoms with Gasteiger partial charge in [0, 0.05) is 32.1 Å². The van der Waals surface area contributed by atoms with E-state index in [1.807, 2.05) is 51.1 Å². The SMILES string of the molecule is Cc1ccc(S(=O)(=O)N(Cc2ccc(Cl)cc2)c2ccccc2C(=O)N/N=C\c2cc(C)n(-c3cccc(Br)c3)c2C)cc1. The fourth-order valence-electron chi connectivity index (χ4n) is 4.93. The van der Waals surface area contributed by atoms with Crippen molar-refractivity contribution in [3.8, 4) is 5.69 Å². The number of amides is 1. The first kappa shape index (κ1) is 31.3. The Morgan fingerprint density at radius 2 is 1.64 bits per heavy atom. The maximum atomic E-state index is 14.0. The van der Waals surface area contributed by atoms with Crippen LogP contribution in [0.15, 0.2) is 118 Å². The maximum Gasteiger partial charge on any atom is 0.273 e. The topological polar surface area (TPSA) is 83.8 Å². The predicted molar refractivity (Wildman–Crippen MR) is 180 cm³/mol. The van der Waals surface area contributed by atoms with Crippen molar-refractivity contribution in [3.05, 3.63) is 146 Å². The molecule has 0 saturated carbocycles. The molecule has 0 radical (unpaired) electrons. The molecule has 224 valence electrons. The van der Waals surface area contributed by atoms with Crippen LogP contribution < -0.4 is 9.73 Å². The molecule has 5 aromatic rings. The Bertz CT molecular complexity index is 1950. The second kappa shape index (κ2) is 13.2. The summed E-state index contributed by atoms with van der Waals surface area (Å²) in [6, 6.07) is 30.1. The van der Waals surface area contributed by atoms with Gasteiger partial charge in [0.1, 0.15) is 0 Å². The van der Waals surface area contributed by atoms with Crippen LogP contribution in [0, 0.1) is 20.8 Å². The Hall–Kier alpha value is -4.18. The molecule has 0 atom stereocenters. The summed E-state index contributed by atoms with van der Waals surface area (Å²) in [5.41, 5.74) is 8.43. The van der Waals surface area contributed by atoms with E-state index < -0.39 is 15.9 Å². The number of para-hydroxylation sites is 1. The lowest BCUT2D eigenvalue weighted by Gasteiger charge is -2.26. The molecule has 1 N–H and O–H groups in total. The number of nitrogens with one attached hydrogen (secondary N) is 1. The van der Waals surface area contributed by atoms with Crippen molar-refractivity contribution >= 4 is 55.4 Å². The molecule has 0 unspecified atom stereocenters. The van der Waals surface area contributed by atoms with Crippen molar-refractivity contribution in [2.75, 3.05) is 4.31 Å². The van der Waals surface area contributed by atoms with Crippen molar-refractivity contribution in [2.24, 2.45) is 5.10 Å². The number of hydrogen-bond acceptors (Lipinski definition) is 4. The van der Waals surface area contributed by atoms with Gasteiger partial charge in [0.2, 0.25) is 0 Å². The van der Waals surface area contributed by atoms with Gasteiger partial charge in [-0.1, -0.05) is 75.6 Å². The van der Waals surface area contributed by atoms with E-state index >= 15 is 0 Å². The molecule has 0 spiro atoms. The highest BCUT2D eigenvalue weighted by Gasteiger charge is 2.28. The van der Waals surface area contributed by atoms with Crippen LogP contribution in [0.5, 0.6) is 0 Å². The quantitative estimate of drug-likeness (QED) is 0.126. The molecule has 0 aliphatic carbocycles. The van der Waals surface area contributed by atoms with E-state index in [4.69, 9.17) is 11.6 Å². The molecule has 0 aliphatic heterocycles. The smallest absolute Gasteiger partial charge is 0.273 e. The van der Waals surface area contributed by atoms with E-state index in [1.54, 1.807) is 79.0 Å². The highest BCUT2D eigenvalue weighted by atomic mass is 79.9. The predicted octanol–water partition coefficient (Wildman–Crippen LogP) is 7.98. The number of aromatic nitrogens is 1.